The Bertz CT molecular complexity index is 409. The lowest BCUT2D eigenvalue weighted by Gasteiger charge is -2.14. The minimum absolute atomic E-state index is 0.181. The summed E-state index contributed by atoms with van der Waals surface area (Å²) in [7, 11) is 1.33. The van der Waals surface area contributed by atoms with Crippen molar-refractivity contribution in [3.8, 4) is 0 Å². The Morgan fingerprint density at radius 3 is 2.94 bits per heavy atom. The van der Waals surface area contributed by atoms with Crippen molar-refractivity contribution in [3.05, 3.63) is 24.0 Å². The van der Waals surface area contributed by atoms with Crippen LogP contribution in [0.4, 0.5) is 5.69 Å². The molecule has 0 aliphatic rings. The molecule has 0 aromatic carbocycles. The van der Waals surface area contributed by atoms with Crippen molar-refractivity contribution >= 4 is 28.9 Å². The third kappa shape index (κ3) is 2.90. The third-order valence-electron chi connectivity index (χ3n) is 1.97. The molecule has 0 saturated carbocycles. The average Bonchev–Trinajstić information content (AvgIpc) is 2.28. The van der Waals surface area contributed by atoms with E-state index < -0.39 is 6.04 Å². The Kier molecular flexibility index (Phi) is 4.19. The quantitative estimate of drug-likeness (QED) is 0.594. The monoisotopic (exact) mass is 239 g/mol. The Hall–Kier alpha value is -1.69. The first kappa shape index (κ1) is 12.4. The van der Waals surface area contributed by atoms with Crippen molar-refractivity contribution in [2.24, 2.45) is 5.73 Å². The van der Waals surface area contributed by atoms with Gasteiger partial charge < -0.3 is 15.8 Å². The van der Waals surface area contributed by atoms with E-state index in [2.05, 4.69) is 15.0 Å². The number of thiocarbonyl (C=S) groups is 1. The van der Waals surface area contributed by atoms with Crippen molar-refractivity contribution in [2.75, 3.05) is 12.4 Å². The molecule has 6 heteroatoms. The summed E-state index contributed by atoms with van der Waals surface area (Å²) in [4.78, 5) is 15.4. The number of hydrogen-bond donors (Lipinski definition) is 2. The van der Waals surface area contributed by atoms with Gasteiger partial charge in [0, 0.05) is 6.20 Å². The highest BCUT2D eigenvalue weighted by Gasteiger charge is 2.15. The average molecular weight is 239 g/mol. The number of pyridine rings is 1. The van der Waals surface area contributed by atoms with Gasteiger partial charge in [-0.25, -0.2) is 4.79 Å². The van der Waals surface area contributed by atoms with E-state index >= 15 is 0 Å². The zero-order chi connectivity index (χ0) is 12.1. The smallest absolute Gasteiger partial charge is 0.327 e. The summed E-state index contributed by atoms with van der Waals surface area (Å²) in [5, 5.41) is 2.94. The molecule has 0 fully saturated rings. The van der Waals surface area contributed by atoms with Crippen LogP contribution in [0.1, 0.15) is 12.6 Å². The molecule has 1 unspecified atom stereocenters. The summed E-state index contributed by atoms with van der Waals surface area (Å²) >= 11 is 4.86. The molecule has 0 radical (unpaired) electrons. The van der Waals surface area contributed by atoms with E-state index in [1.54, 1.807) is 25.3 Å². The fourth-order valence-corrected chi connectivity index (χ4v) is 1.35. The van der Waals surface area contributed by atoms with Crippen LogP contribution in [-0.4, -0.2) is 29.1 Å². The lowest BCUT2D eigenvalue weighted by molar-refractivity contribution is -0.141. The van der Waals surface area contributed by atoms with Gasteiger partial charge in [0.15, 0.2) is 0 Å². The van der Waals surface area contributed by atoms with Crippen molar-refractivity contribution in [1.82, 2.24) is 4.98 Å². The molecular weight excluding hydrogens is 226 g/mol. The standard InChI is InChI=1S/C10H13N3O2S/c1-6(10(14)15-2)13-7-4-3-5-12-8(7)9(11)16/h3-6,13H,1-2H3,(H2,11,16). The van der Waals surface area contributed by atoms with Gasteiger partial charge in [-0.1, -0.05) is 12.2 Å². The van der Waals surface area contributed by atoms with Gasteiger partial charge in [-0.2, -0.15) is 0 Å². The first-order valence-corrected chi connectivity index (χ1v) is 5.06. The highest BCUT2D eigenvalue weighted by atomic mass is 32.1. The lowest BCUT2D eigenvalue weighted by Crippen LogP contribution is -2.28. The molecule has 0 spiro atoms. The van der Waals surface area contributed by atoms with E-state index in [1.165, 1.54) is 7.11 Å². The van der Waals surface area contributed by atoms with Crippen LogP contribution in [0.3, 0.4) is 0 Å². The zero-order valence-electron chi connectivity index (χ0n) is 9.06. The second kappa shape index (κ2) is 5.41. The molecule has 0 amide bonds. The maximum Gasteiger partial charge on any atom is 0.327 e. The van der Waals surface area contributed by atoms with Gasteiger partial charge in [-0.3, -0.25) is 4.98 Å². The number of rotatable bonds is 4. The molecule has 0 saturated heterocycles. The Morgan fingerprint density at radius 1 is 1.69 bits per heavy atom. The molecule has 1 atom stereocenters. The molecule has 0 bridgehead atoms. The minimum Gasteiger partial charge on any atom is -0.467 e. The van der Waals surface area contributed by atoms with Crippen LogP contribution in [0.15, 0.2) is 18.3 Å². The summed E-state index contributed by atoms with van der Waals surface area (Å²) in [6, 6.07) is 3.00. The maximum absolute atomic E-state index is 11.2. The third-order valence-corrected chi connectivity index (χ3v) is 2.16. The zero-order valence-corrected chi connectivity index (χ0v) is 9.88. The summed E-state index contributed by atoms with van der Waals surface area (Å²) < 4.78 is 4.60. The van der Waals surface area contributed by atoms with Crippen molar-refractivity contribution in [2.45, 2.75) is 13.0 Å². The first-order chi connectivity index (χ1) is 7.56. The number of carbonyl (C=O) groups excluding carboxylic acids is 1. The number of nitrogens with one attached hydrogen (secondary N) is 1. The van der Waals surface area contributed by atoms with Gasteiger partial charge >= 0.3 is 5.97 Å². The minimum atomic E-state index is -0.484. The lowest BCUT2D eigenvalue weighted by atomic mass is 10.2. The number of methoxy groups -OCH3 is 1. The second-order valence-electron chi connectivity index (χ2n) is 3.15. The number of carbonyl (C=O) groups is 1. The summed E-state index contributed by atoms with van der Waals surface area (Å²) in [6.45, 7) is 1.68. The largest absolute Gasteiger partial charge is 0.467 e. The van der Waals surface area contributed by atoms with E-state index in [9.17, 15) is 4.79 Å². The van der Waals surface area contributed by atoms with Crippen LogP contribution in [0, 0.1) is 0 Å². The normalized spacial score (nSPS) is 11.6. The van der Waals surface area contributed by atoms with Crippen molar-refractivity contribution in [1.29, 1.82) is 0 Å². The van der Waals surface area contributed by atoms with Gasteiger partial charge in [0.1, 0.15) is 16.7 Å². The summed E-state index contributed by atoms with van der Waals surface area (Å²) in [6.07, 6.45) is 1.59. The highest BCUT2D eigenvalue weighted by molar-refractivity contribution is 7.80. The van der Waals surface area contributed by atoms with Gasteiger partial charge in [-0.05, 0) is 19.1 Å². The summed E-state index contributed by atoms with van der Waals surface area (Å²) in [5.74, 6) is -0.363. The van der Waals surface area contributed by atoms with Crippen LogP contribution < -0.4 is 11.1 Å². The molecule has 16 heavy (non-hydrogen) atoms. The van der Waals surface area contributed by atoms with E-state index in [1.807, 2.05) is 0 Å². The number of hydrogen-bond acceptors (Lipinski definition) is 5. The van der Waals surface area contributed by atoms with Gasteiger partial charge in [0.25, 0.3) is 0 Å². The number of nitrogens with zero attached hydrogens (tertiary/aromatic N) is 1. The molecule has 0 aliphatic carbocycles. The predicted octanol–water partition coefficient (Wildman–Crippen LogP) is 0.689. The number of nitrogens with two attached hydrogens (primary N) is 1. The molecule has 0 aliphatic heterocycles. The maximum atomic E-state index is 11.2. The highest BCUT2D eigenvalue weighted by Crippen LogP contribution is 2.13. The first-order valence-electron chi connectivity index (χ1n) is 4.65. The number of esters is 1. The fraction of sp³-hybridized carbons (Fsp3) is 0.300. The van der Waals surface area contributed by atoms with Crippen LogP contribution in [-0.2, 0) is 9.53 Å². The van der Waals surface area contributed by atoms with Crippen LogP contribution >= 0.6 is 12.2 Å². The predicted molar refractivity (Wildman–Crippen MR) is 65.2 cm³/mol. The van der Waals surface area contributed by atoms with Crippen LogP contribution in [0.25, 0.3) is 0 Å². The molecule has 5 nitrogen and oxygen atoms in total. The number of aromatic nitrogens is 1. The van der Waals surface area contributed by atoms with Crippen molar-refractivity contribution < 1.29 is 9.53 Å². The topological polar surface area (TPSA) is 77.2 Å². The van der Waals surface area contributed by atoms with Gasteiger partial charge in [-0.15, -0.1) is 0 Å². The Labute approximate surface area is 99.0 Å². The van der Waals surface area contributed by atoms with Gasteiger partial charge in [0.05, 0.1) is 12.8 Å². The van der Waals surface area contributed by atoms with Gasteiger partial charge in [0.2, 0.25) is 0 Å². The van der Waals surface area contributed by atoms with E-state index in [4.69, 9.17) is 18.0 Å². The number of anilines is 1. The molecule has 1 heterocycles. The van der Waals surface area contributed by atoms with Crippen LogP contribution in [0.2, 0.25) is 0 Å². The second-order valence-corrected chi connectivity index (χ2v) is 3.59. The molecule has 1 aromatic heterocycles. The van der Waals surface area contributed by atoms with E-state index in [0.29, 0.717) is 11.4 Å². The SMILES string of the molecule is COC(=O)C(C)Nc1cccnc1C(N)=S. The molecule has 3 N–H and O–H groups in total. The van der Waals surface area contributed by atoms with E-state index in [0.717, 1.165) is 0 Å². The van der Waals surface area contributed by atoms with Crippen LogP contribution in [0.5, 0.6) is 0 Å². The summed E-state index contributed by atoms with van der Waals surface area (Å²) in [5.41, 5.74) is 6.60. The molecule has 86 valence electrons. The number of ether oxygens (including phenoxy) is 1. The molecule has 1 rings (SSSR count). The Balaban J connectivity index is 2.88. The molecular formula is C10H13N3O2S. The van der Waals surface area contributed by atoms with Crippen molar-refractivity contribution in [3.63, 3.8) is 0 Å². The van der Waals surface area contributed by atoms with E-state index in [-0.39, 0.29) is 11.0 Å². The molecule has 1 aromatic rings. The fourth-order valence-electron chi connectivity index (χ4n) is 1.19. The Morgan fingerprint density at radius 2 is 2.38 bits per heavy atom.